The van der Waals surface area contributed by atoms with Crippen LogP contribution in [0.25, 0.3) is 0 Å². The number of hydrogen-bond donors (Lipinski definition) is 2. The van der Waals surface area contributed by atoms with Crippen molar-refractivity contribution >= 4 is 11.6 Å². The van der Waals surface area contributed by atoms with Gasteiger partial charge in [-0.15, -0.1) is 0 Å². The Morgan fingerprint density at radius 2 is 1.77 bits per heavy atom. The minimum absolute atomic E-state index is 0.0603. The first-order valence-corrected chi connectivity index (χ1v) is 9.07. The van der Waals surface area contributed by atoms with Crippen molar-refractivity contribution < 1.29 is 4.79 Å². The molecule has 0 saturated carbocycles. The first kappa shape index (κ1) is 19.7. The Labute approximate surface area is 154 Å². The predicted molar refractivity (Wildman–Crippen MR) is 105 cm³/mol. The van der Waals surface area contributed by atoms with Crippen LogP contribution in [0.15, 0.2) is 47.4 Å². The van der Waals surface area contributed by atoms with Gasteiger partial charge in [0.25, 0.3) is 5.56 Å². The minimum Gasteiger partial charge on any atom is -0.341 e. The summed E-state index contributed by atoms with van der Waals surface area (Å²) in [5, 5.41) is 0. The highest BCUT2D eigenvalue weighted by molar-refractivity contribution is 5.83. The molecule has 0 radical (unpaired) electrons. The van der Waals surface area contributed by atoms with Crippen molar-refractivity contribution in [1.82, 2.24) is 9.47 Å². The van der Waals surface area contributed by atoms with E-state index in [-0.39, 0.29) is 11.5 Å². The van der Waals surface area contributed by atoms with Crippen molar-refractivity contribution in [3.8, 4) is 0 Å². The second kappa shape index (κ2) is 9.20. The monoisotopic (exact) mass is 356 g/mol. The molecular formula is C20H28N4O2. The summed E-state index contributed by atoms with van der Waals surface area (Å²) in [6.45, 7) is 7.14. The summed E-state index contributed by atoms with van der Waals surface area (Å²) in [6.07, 6.45) is 3.38. The zero-order valence-corrected chi connectivity index (χ0v) is 15.7. The molecular weight excluding hydrogens is 328 g/mol. The van der Waals surface area contributed by atoms with E-state index < -0.39 is 6.04 Å². The molecule has 2 rings (SSSR count). The van der Waals surface area contributed by atoms with E-state index in [4.69, 9.17) is 5.84 Å². The Morgan fingerprint density at radius 1 is 1.15 bits per heavy atom. The number of nitrogens with one attached hydrogen (secondary N) is 1. The molecule has 0 aliphatic carbocycles. The predicted octanol–water partition coefficient (Wildman–Crippen LogP) is 2.68. The fraction of sp³-hybridized carbons (Fsp3) is 0.400. The summed E-state index contributed by atoms with van der Waals surface area (Å²) in [7, 11) is 0. The maximum atomic E-state index is 13.4. The highest BCUT2D eigenvalue weighted by atomic mass is 16.2. The molecule has 0 saturated heterocycles. The third kappa shape index (κ3) is 4.14. The van der Waals surface area contributed by atoms with Gasteiger partial charge in [0.05, 0.1) is 5.69 Å². The maximum absolute atomic E-state index is 13.4. The molecule has 3 N–H and O–H groups in total. The zero-order chi connectivity index (χ0) is 19.1. The molecule has 0 spiro atoms. The van der Waals surface area contributed by atoms with E-state index in [1.165, 1.54) is 4.57 Å². The molecule has 1 aromatic carbocycles. The van der Waals surface area contributed by atoms with Crippen LogP contribution in [0, 0.1) is 6.92 Å². The van der Waals surface area contributed by atoms with Crippen molar-refractivity contribution in [2.45, 2.75) is 39.7 Å². The number of amides is 1. The van der Waals surface area contributed by atoms with Crippen LogP contribution in [-0.2, 0) is 4.79 Å². The number of carbonyl (C=O) groups is 1. The van der Waals surface area contributed by atoms with Crippen molar-refractivity contribution in [3.05, 3.63) is 64.1 Å². The van der Waals surface area contributed by atoms with Crippen molar-refractivity contribution in [3.63, 3.8) is 0 Å². The summed E-state index contributed by atoms with van der Waals surface area (Å²) >= 11 is 0. The van der Waals surface area contributed by atoms with Gasteiger partial charge in [0.15, 0.2) is 0 Å². The Balaban J connectivity index is 2.58. The number of aromatic nitrogens is 1. The van der Waals surface area contributed by atoms with Gasteiger partial charge in [-0.3, -0.25) is 20.0 Å². The number of nitrogens with zero attached hydrogens (tertiary/aromatic N) is 2. The lowest BCUT2D eigenvalue weighted by Gasteiger charge is -2.28. The van der Waals surface area contributed by atoms with Crippen LogP contribution >= 0.6 is 0 Å². The lowest BCUT2D eigenvalue weighted by Crippen LogP contribution is -2.42. The van der Waals surface area contributed by atoms with E-state index in [9.17, 15) is 9.59 Å². The number of benzene rings is 1. The number of carbonyl (C=O) groups excluding carboxylic acids is 1. The SMILES string of the molecule is CCCN(CCC)C(=O)C(c1ccccc1)n1ccc(NN)c(C)c1=O. The number of hydrogen-bond acceptors (Lipinski definition) is 4. The van der Waals surface area contributed by atoms with Crippen molar-refractivity contribution in [2.75, 3.05) is 18.5 Å². The van der Waals surface area contributed by atoms with Crippen LogP contribution in [0.4, 0.5) is 5.69 Å². The summed E-state index contributed by atoms with van der Waals surface area (Å²) in [5.74, 6) is 5.41. The van der Waals surface area contributed by atoms with Crippen molar-refractivity contribution in [2.24, 2.45) is 5.84 Å². The smallest absolute Gasteiger partial charge is 0.256 e. The lowest BCUT2D eigenvalue weighted by atomic mass is 10.0. The fourth-order valence-electron chi connectivity index (χ4n) is 3.12. The quantitative estimate of drug-likeness (QED) is 0.563. The van der Waals surface area contributed by atoms with Gasteiger partial charge in [0.2, 0.25) is 5.91 Å². The van der Waals surface area contributed by atoms with E-state index >= 15 is 0 Å². The number of nitrogens with two attached hydrogens (primary N) is 1. The summed E-state index contributed by atoms with van der Waals surface area (Å²) in [6, 6.07) is 10.5. The molecule has 1 unspecified atom stereocenters. The number of anilines is 1. The van der Waals surface area contributed by atoms with Gasteiger partial charge in [-0.2, -0.15) is 0 Å². The van der Waals surface area contributed by atoms with Crippen LogP contribution in [-0.4, -0.2) is 28.5 Å². The first-order valence-electron chi connectivity index (χ1n) is 9.07. The molecule has 0 aliphatic heterocycles. The van der Waals surface area contributed by atoms with Crippen LogP contribution < -0.4 is 16.8 Å². The molecule has 2 aromatic rings. The van der Waals surface area contributed by atoms with E-state index in [1.807, 2.05) is 49.1 Å². The molecule has 1 heterocycles. The highest BCUT2D eigenvalue weighted by Gasteiger charge is 2.28. The van der Waals surface area contributed by atoms with E-state index in [2.05, 4.69) is 5.43 Å². The third-order valence-corrected chi connectivity index (χ3v) is 4.44. The van der Waals surface area contributed by atoms with Gasteiger partial charge in [0, 0.05) is 24.8 Å². The largest absolute Gasteiger partial charge is 0.341 e. The summed E-state index contributed by atoms with van der Waals surface area (Å²) in [5.41, 5.74) is 4.14. The normalized spacial score (nSPS) is 11.8. The van der Waals surface area contributed by atoms with Crippen LogP contribution in [0.3, 0.4) is 0 Å². The van der Waals surface area contributed by atoms with Gasteiger partial charge in [-0.1, -0.05) is 44.2 Å². The molecule has 140 valence electrons. The second-order valence-electron chi connectivity index (χ2n) is 6.35. The van der Waals surface area contributed by atoms with Crippen LogP contribution in [0.2, 0.25) is 0 Å². The molecule has 1 aromatic heterocycles. The zero-order valence-electron chi connectivity index (χ0n) is 15.7. The van der Waals surface area contributed by atoms with E-state index in [0.717, 1.165) is 18.4 Å². The number of hydrazine groups is 1. The van der Waals surface area contributed by atoms with Gasteiger partial charge < -0.3 is 10.3 Å². The van der Waals surface area contributed by atoms with Crippen LogP contribution in [0.5, 0.6) is 0 Å². The third-order valence-electron chi connectivity index (χ3n) is 4.44. The Hall–Kier alpha value is -2.60. The minimum atomic E-state index is -0.688. The average Bonchev–Trinajstić information content (AvgIpc) is 2.66. The summed E-state index contributed by atoms with van der Waals surface area (Å²) in [4.78, 5) is 28.1. The molecule has 0 bridgehead atoms. The molecule has 0 fully saturated rings. The Bertz CT molecular complexity index is 780. The molecule has 1 amide bonds. The topological polar surface area (TPSA) is 80.4 Å². The first-order chi connectivity index (χ1) is 12.5. The van der Waals surface area contributed by atoms with Gasteiger partial charge in [0.1, 0.15) is 6.04 Å². The fourth-order valence-corrected chi connectivity index (χ4v) is 3.12. The lowest BCUT2D eigenvalue weighted by molar-refractivity contribution is -0.133. The molecule has 1 atom stereocenters. The average molecular weight is 356 g/mol. The molecule has 26 heavy (non-hydrogen) atoms. The van der Waals surface area contributed by atoms with Crippen LogP contribution in [0.1, 0.15) is 43.9 Å². The number of rotatable bonds is 8. The van der Waals surface area contributed by atoms with Gasteiger partial charge >= 0.3 is 0 Å². The van der Waals surface area contributed by atoms with E-state index in [1.54, 1.807) is 19.2 Å². The van der Waals surface area contributed by atoms with Gasteiger partial charge in [-0.25, -0.2) is 0 Å². The second-order valence-corrected chi connectivity index (χ2v) is 6.35. The molecule has 6 heteroatoms. The van der Waals surface area contributed by atoms with E-state index in [0.29, 0.717) is 24.3 Å². The standard InChI is InChI=1S/C20H28N4O2/c1-4-12-23(13-5-2)20(26)18(16-9-7-6-8-10-16)24-14-11-17(22-21)15(3)19(24)25/h6-11,14,18,22H,4-5,12-13,21H2,1-3H3. The Kier molecular flexibility index (Phi) is 6.97. The molecule has 6 nitrogen and oxygen atoms in total. The number of nitrogen functional groups attached to an aromatic ring is 1. The maximum Gasteiger partial charge on any atom is 0.256 e. The Morgan fingerprint density at radius 3 is 2.31 bits per heavy atom. The summed E-state index contributed by atoms with van der Waals surface area (Å²) < 4.78 is 1.51. The molecule has 0 aliphatic rings. The highest BCUT2D eigenvalue weighted by Crippen LogP contribution is 2.21. The van der Waals surface area contributed by atoms with Gasteiger partial charge in [-0.05, 0) is 31.4 Å². The van der Waals surface area contributed by atoms with Crippen molar-refractivity contribution in [1.29, 1.82) is 0 Å². The number of pyridine rings is 1.